The van der Waals surface area contributed by atoms with Crippen molar-refractivity contribution in [3.63, 3.8) is 0 Å². The molecule has 0 radical (unpaired) electrons. The monoisotopic (exact) mass is 436 g/mol. The van der Waals surface area contributed by atoms with Gasteiger partial charge in [-0.25, -0.2) is 0 Å². The van der Waals surface area contributed by atoms with Crippen LogP contribution in [0.4, 0.5) is 0 Å². The second-order valence-electron chi connectivity index (χ2n) is 8.37. The number of carbonyl (C=O) groups is 1. The number of rotatable bonds is 4. The van der Waals surface area contributed by atoms with E-state index >= 15 is 0 Å². The number of likely N-dealkylation sites (tertiary alicyclic amines) is 1. The summed E-state index contributed by atoms with van der Waals surface area (Å²) in [4.78, 5) is 22.0. The maximum Gasteiger partial charge on any atom is 0.241 e. The molecule has 7 heteroatoms. The predicted molar refractivity (Wildman–Crippen MR) is 118 cm³/mol. The molecule has 1 amide bonds. The van der Waals surface area contributed by atoms with Gasteiger partial charge in [-0.2, -0.15) is 4.98 Å². The number of amides is 1. The van der Waals surface area contributed by atoms with Crippen LogP contribution in [0.25, 0.3) is 11.4 Å². The Morgan fingerprint density at radius 3 is 2.74 bits per heavy atom. The number of piperidine rings is 1. The lowest BCUT2D eigenvalue weighted by Gasteiger charge is -2.36. The summed E-state index contributed by atoms with van der Waals surface area (Å²) in [6, 6.07) is 15.8. The molecule has 1 unspecified atom stereocenters. The average molecular weight is 437 g/mol. The van der Waals surface area contributed by atoms with Crippen molar-refractivity contribution in [1.29, 1.82) is 0 Å². The SMILES string of the molecule is O=C(C1CCCN(Cc2nc(-c3ccc(Cl)cc3)no2)C1)N1CCc2ccccc2C1. The summed E-state index contributed by atoms with van der Waals surface area (Å²) >= 11 is 5.95. The fourth-order valence-electron chi connectivity index (χ4n) is 4.57. The first kappa shape index (κ1) is 20.2. The molecule has 1 aromatic heterocycles. The van der Waals surface area contributed by atoms with Gasteiger partial charge in [-0.15, -0.1) is 0 Å². The van der Waals surface area contributed by atoms with Gasteiger partial charge in [-0.05, 0) is 61.2 Å². The van der Waals surface area contributed by atoms with Gasteiger partial charge in [-0.1, -0.05) is 41.0 Å². The first-order valence-corrected chi connectivity index (χ1v) is 11.2. The van der Waals surface area contributed by atoms with Gasteiger partial charge in [0.05, 0.1) is 12.5 Å². The zero-order valence-electron chi connectivity index (χ0n) is 17.3. The van der Waals surface area contributed by atoms with Crippen molar-refractivity contribution < 1.29 is 9.32 Å². The predicted octanol–water partition coefficient (Wildman–Crippen LogP) is 4.19. The van der Waals surface area contributed by atoms with Gasteiger partial charge in [0.1, 0.15) is 0 Å². The highest BCUT2D eigenvalue weighted by molar-refractivity contribution is 6.30. The lowest BCUT2D eigenvalue weighted by atomic mass is 9.94. The number of hydrogen-bond acceptors (Lipinski definition) is 5. The molecule has 5 rings (SSSR count). The number of fused-ring (bicyclic) bond motifs is 1. The summed E-state index contributed by atoms with van der Waals surface area (Å²) < 4.78 is 5.47. The Balaban J connectivity index is 1.21. The van der Waals surface area contributed by atoms with Crippen molar-refractivity contribution in [1.82, 2.24) is 19.9 Å². The van der Waals surface area contributed by atoms with E-state index in [0.717, 1.165) is 51.0 Å². The van der Waals surface area contributed by atoms with Crippen LogP contribution in [0.2, 0.25) is 5.02 Å². The first-order chi connectivity index (χ1) is 15.2. The molecule has 2 aliphatic heterocycles. The van der Waals surface area contributed by atoms with Crippen LogP contribution in [0, 0.1) is 5.92 Å². The zero-order valence-corrected chi connectivity index (χ0v) is 18.1. The van der Waals surface area contributed by atoms with E-state index in [1.807, 2.05) is 29.2 Å². The highest BCUT2D eigenvalue weighted by atomic mass is 35.5. The molecule has 0 saturated carbocycles. The Hall–Kier alpha value is -2.70. The quantitative estimate of drug-likeness (QED) is 0.613. The van der Waals surface area contributed by atoms with Gasteiger partial charge in [0.25, 0.3) is 0 Å². The van der Waals surface area contributed by atoms with Gasteiger partial charge in [-0.3, -0.25) is 9.69 Å². The number of hydrogen-bond donors (Lipinski definition) is 0. The highest BCUT2D eigenvalue weighted by Crippen LogP contribution is 2.25. The van der Waals surface area contributed by atoms with Gasteiger partial charge in [0, 0.05) is 30.2 Å². The van der Waals surface area contributed by atoms with Gasteiger partial charge >= 0.3 is 0 Å². The van der Waals surface area contributed by atoms with E-state index in [2.05, 4.69) is 39.3 Å². The van der Waals surface area contributed by atoms with Crippen LogP contribution in [0.5, 0.6) is 0 Å². The van der Waals surface area contributed by atoms with E-state index in [0.29, 0.717) is 23.3 Å². The third kappa shape index (κ3) is 4.50. The zero-order chi connectivity index (χ0) is 21.2. The van der Waals surface area contributed by atoms with Crippen molar-refractivity contribution in [3.05, 3.63) is 70.6 Å². The molecular formula is C24H25ClN4O2. The molecular weight excluding hydrogens is 412 g/mol. The molecule has 3 aromatic rings. The largest absolute Gasteiger partial charge is 0.338 e. The Morgan fingerprint density at radius 2 is 1.90 bits per heavy atom. The summed E-state index contributed by atoms with van der Waals surface area (Å²) in [5.41, 5.74) is 3.51. The minimum atomic E-state index is 0.0256. The summed E-state index contributed by atoms with van der Waals surface area (Å²) in [5, 5.41) is 4.77. The highest BCUT2D eigenvalue weighted by Gasteiger charge is 2.31. The van der Waals surface area contributed by atoms with Crippen LogP contribution in [0.1, 0.15) is 29.9 Å². The van der Waals surface area contributed by atoms with Crippen molar-refractivity contribution in [2.75, 3.05) is 19.6 Å². The second kappa shape index (κ2) is 8.81. The van der Waals surface area contributed by atoms with Crippen molar-refractivity contribution in [2.24, 2.45) is 5.92 Å². The summed E-state index contributed by atoms with van der Waals surface area (Å²) in [6.45, 7) is 3.76. The molecule has 2 aliphatic rings. The van der Waals surface area contributed by atoms with Crippen LogP contribution in [-0.2, 0) is 24.3 Å². The average Bonchev–Trinajstić information content (AvgIpc) is 3.27. The van der Waals surface area contributed by atoms with Crippen LogP contribution in [0.15, 0.2) is 53.1 Å². The van der Waals surface area contributed by atoms with Gasteiger partial charge in [0.15, 0.2) is 0 Å². The topological polar surface area (TPSA) is 62.5 Å². The van der Waals surface area contributed by atoms with E-state index in [1.165, 1.54) is 11.1 Å². The molecule has 160 valence electrons. The third-order valence-electron chi connectivity index (χ3n) is 6.23. The Bertz CT molecular complexity index is 1070. The number of halogens is 1. The Labute approximate surface area is 186 Å². The molecule has 1 atom stereocenters. The molecule has 0 aliphatic carbocycles. The lowest BCUT2D eigenvalue weighted by Crippen LogP contribution is -2.46. The van der Waals surface area contributed by atoms with Crippen LogP contribution < -0.4 is 0 Å². The number of nitrogens with zero attached hydrogens (tertiary/aromatic N) is 4. The number of carbonyl (C=O) groups excluding carboxylic acids is 1. The van der Waals surface area contributed by atoms with E-state index < -0.39 is 0 Å². The van der Waals surface area contributed by atoms with Crippen molar-refractivity contribution in [3.8, 4) is 11.4 Å². The standard InChI is InChI=1S/C24H25ClN4O2/c25-21-9-7-18(8-10-21)23-26-22(31-27-23)16-28-12-3-6-20(14-28)24(30)29-13-11-17-4-1-2-5-19(17)15-29/h1-2,4-5,7-10,20H,3,6,11-16H2. The minimum Gasteiger partial charge on any atom is -0.338 e. The normalized spacial score (nSPS) is 19.3. The lowest BCUT2D eigenvalue weighted by molar-refractivity contribution is -0.138. The summed E-state index contributed by atoms with van der Waals surface area (Å²) in [7, 11) is 0. The van der Waals surface area contributed by atoms with E-state index in [1.54, 1.807) is 0 Å². The Kier molecular flexibility index (Phi) is 5.74. The maximum absolute atomic E-state index is 13.2. The Morgan fingerprint density at radius 1 is 1.10 bits per heavy atom. The molecule has 0 bridgehead atoms. The molecule has 0 N–H and O–H groups in total. The fourth-order valence-corrected chi connectivity index (χ4v) is 4.70. The number of aromatic nitrogens is 2. The van der Waals surface area contributed by atoms with Crippen LogP contribution in [-0.4, -0.2) is 45.5 Å². The van der Waals surface area contributed by atoms with Gasteiger partial charge < -0.3 is 9.42 Å². The van der Waals surface area contributed by atoms with E-state index in [9.17, 15) is 4.79 Å². The van der Waals surface area contributed by atoms with E-state index in [4.69, 9.17) is 16.1 Å². The first-order valence-electron chi connectivity index (χ1n) is 10.8. The molecule has 0 spiro atoms. The smallest absolute Gasteiger partial charge is 0.241 e. The van der Waals surface area contributed by atoms with E-state index in [-0.39, 0.29) is 11.8 Å². The fraction of sp³-hybridized carbons (Fsp3) is 0.375. The van der Waals surface area contributed by atoms with Crippen molar-refractivity contribution in [2.45, 2.75) is 32.4 Å². The summed E-state index contributed by atoms with van der Waals surface area (Å²) in [5.74, 6) is 1.43. The molecule has 1 fully saturated rings. The molecule has 31 heavy (non-hydrogen) atoms. The van der Waals surface area contributed by atoms with Crippen molar-refractivity contribution >= 4 is 17.5 Å². The van der Waals surface area contributed by atoms with Crippen LogP contribution in [0.3, 0.4) is 0 Å². The third-order valence-corrected chi connectivity index (χ3v) is 6.48. The maximum atomic E-state index is 13.2. The molecule has 3 heterocycles. The number of benzene rings is 2. The minimum absolute atomic E-state index is 0.0256. The molecule has 6 nitrogen and oxygen atoms in total. The van der Waals surface area contributed by atoms with Crippen LogP contribution >= 0.6 is 11.6 Å². The summed E-state index contributed by atoms with van der Waals surface area (Å²) in [6.07, 6.45) is 2.88. The molecule has 2 aromatic carbocycles. The second-order valence-corrected chi connectivity index (χ2v) is 8.81. The van der Waals surface area contributed by atoms with Gasteiger partial charge in [0.2, 0.25) is 17.6 Å². The molecule has 1 saturated heterocycles.